The Kier molecular flexibility index (Phi) is 3.29. The van der Waals surface area contributed by atoms with Gasteiger partial charge in [-0.05, 0) is 25.0 Å². The second-order valence-corrected chi connectivity index (χ2v) is 4.24. The van der Waals surface area contributed by atoms with E-state index in [1.165, 1.54) is 11.1 Å². The summed E-state index contributed by atoms with van der Waals surface area (Å²) in [5.41, 5.74) is 8.98. The highest BCUT2D eigenvalue weighted by Crippen LogP contribution is 2.25. The number of rotatable bonds is 3. The maximum atomic E-state index is 9.35. The Morgan fingerprint density at radius 2 is 2.00 bits per heavy atom. The molecule has 0 saturated carbocycles. The zero-order chi connectivity index (χ0) is 10.8. The molecule has 0 aliphatic rings. The van der Waals surface area contributed by atoms with Gasteiger partial charge in [-0.1, -0.05) is 30.7 Å². The molecular formula is C12H19NO. The molecule has 0 saturated heterocycles. The third kappa shape index (κ3) is 1.97. The fourth-order valence-electron chi connectivity index (χ4n) is 1.75. The van der Waals surface area contributed by atoms with Crippen LogP contribution in [-0.2, 0) is 5.41 Å². The second kappa shape index (κ2) is 4.11. The van der Waals surface area contributed by atoms with E-state index >= 15 is 0 Å². The molecule has 1 aromatic rings. The van der Waals surface area contributed by atoms with Crippen molar-refractivity contribution in [1.29, 1.82) is 0 Å². The summed E-state index contributed by atoms with van der Waals surface area (Å²) in [7, 11) is 0. The van der Waals surface area contributed by atoms with Crippen LogP contribution < -0.4 is 5.73 Å². The summed E-state index contributed by atoms with van der Waals surface area (Å²) in [6.45, 7) is 6.67. The predicted octanol–water partition coefficient (Wildman–Crippen LogP) is 1.51. The Bertz CT molecular complexity index is 316. The lowest BCUT2D eigenvalue weighted by Gasteiger charge is -2.28. The van der Waals surface area contributed by atoms with Crippen LogP contribution in [0.4, 0.5) is 0 Å². The zero-order valence-corrected chi connectivity index (χ0v) is 9.17. The maximum absolute atomic E-state index is 9.35. The van der Waals surface area contributed by atoms with E-state index < -0.39 is 0 Å². The monoisotopic (exact) mass is 193 g/mol. The van der Waals surface area contributed by atoms with Crippen molar-refractivity contribution in [2.75, 3.05) is 13.2 Å². The van der Waals surface area contributed by atoms with Gasteiger partial charge in [-0.15, -0.1) is 0 Å². The molecule has 1 aromatic carbocycles. The summed E-state index contributed by atoms with van der Waals surface area (Å²) in [5.74, 6) is 0. The third-order valence-electron chi connectivity index (χ3n) is 2.83. The summed E-state index contributed by atoms with van der Waals surface area (Å²) in [6.07, 6.45) is 0. The van der Waals surface area contributed by atoms with Crippen LogP contribution in [0.15, 0.2) is 18.2 Å². The highest BCUT2D eigenvalue weighted by Gasteiger charge is 2.25. The van der Waals surface area contributed by atoms with Crippen molar-refractivity contribution in [3.05, 3.63) is 34.9 Å². The van der Waals surface area contributed by atoms with Crippen molar-refractivity contribution >= 4 is 0 Å². The maximum Gasteiger partial charge on any atom is 0.0537 e. The van der Waals surface area contributed by atoms with Crippen molar-refractivity contribution in [3.63, 3.8) is 0 Å². The molecule has 78 valence electrons. The minimum atomic E-state index is -0.308. The Labute approximate surface area is 85.8 Å². The Hall–Kier alpha value is -0.860. The van der Waals surface area contributed by atoms with Crippen LogP contribution in [0, 0.1) is 13.8 Å². The van der Waals surface area contributed by atoms with Crippen LogP contribution in [0.5, 0.6) is 0 Å². The smallest absolute Gasteiger partial charge is 0.0537 e. The molecule has 0 aliphatic heterocycles. The lowest BCUT2D eigenvalue weighted by atomic mass is 9.80. The summed E-state index contributed by atoms with van der Waals surface area (Å²) >= 11 is 0. The molecule has 0 amide bonds. The molecule has 1 rings (SSSR count). The molecule has 0 aliphatic carbocycles. The topological polar surface area (TPSA) is 46.2 Å². The van der Waals surface area contributed by atoms with E-state index in [1.807, 2.05) is 6.92 Å². The fourth-order valence-corrected chi connectivity index (χ4v) is 1.75. The second-order valence-electron chi connectivity index (χ2n) is 4.24. The molecule has 1 unspecified atom stereocenters. The van der Waals surface area contributed by atoms with E-state index in [-0.39, 0.29) is 12.0 Å². The van der Waals surface area contributed by atoms with Crippen LogP contribution >= 0.6 is 0 Å². The Morgan fingerprint density at radius 1 is 1.36 bits per heavy atom. The van der Waals surface area contributed by atoms with Crippen LogP contribution in [0.25, 0.3) is 0 Å². The van der Waals surface area contributed by atoms with Gasteiger partial charge in [-0.2, -0.15) is 0 Å². The number of hydrogen-bond acceptors (Lipinski definition) is 2. The van der Waals surface area contributed by atoms with Crippen molar-refractivity contribution in [3.8, 4) is 0 Å². The van der Waals surface area contributed by atoms with E-state index in [0.29, 0.717) is 6.54 Å². The first-order chi connectivity index (χ1) is 6.53. The van der Waals surface area contributed by atoms with Gasteiger partial charge in [0.1, 0.15) is 0 Å². The van der Waals surface area contributed by atoms with Gasteiger partial charge in [0.05, 0.1) is 6.61 Å². The molecular weight excluding hydrogens is 174 g/mol. The molecule has 0 aromatic heterocycles. The van der Waals surface area contributed by atoms with Gasteiger partial charge in [0.25, 0.3) is 0 Å². The van der Waals surface area contributed by atoms with Crippen LogP contribution in [0.3, 0.4) is 0 Å². The fraction of sp³-hybridized carbons (Fsp3) is 0.500. The van der Waals surface area contributed by atoms with Crippen molar-refractivity contribution in [1.82, 2.24) is 0 Å². The number of aliphatic hydroxyl groups excluding tert-OH is 1. The van der Waals surface area contributed by atoms with Crippen molar-refractivity contribution in [2.45, 2.75) is 26.2 Å². The average molecular weight is 193 g/mol. The van der Waals surface area contributed by atoms with E-state index in [2.05, 4.69) is 32.0 Å². The molecule has 0 heterocycles. The lowest BCUT2D eigenvalue weighted by molar-refractivity contribution is 0.210. The first-order valence-electron chi connectivity index (χ1n) is 4.92. The molecule has 0 fully saturated rings. The van der Waals surface area contributed by atoms with Crippen molar-refractivity contribution in [2.24, 2.45) is 5.73 Å². The molecule has 0 bridgehead atoms. The number of benzene rings is 1. The van der Waals surface area contributed by atoms with Gasteiger partial charge >= 0.3 is 0 Å². The van der Waals surface area contributed by atoms with E-state index in [4.69, 9.17) is 5.73 Å². The highest BCUT2D eigenvalue weighted by molar-refractivity contribution is 5.36. The Balaban J connectivity index is 3.17. The minimum absolute atomic E-state index is 0.0907. The van der Waals surface area contributed by atoms with Crippen LogP contribution in [0.1, 0.15) is 23.6 Å². The number of aryl methyl sites for hydroxylation is 2. The van der Waals surface area contributed by atoms with Gasteiger partial charge < -0.3 is 10.8 Å². The van der Waals surface area contributed by atoms with Gasteiger partial charge in [0.15, 0.2) is 0 Å². The van der Waals surface area contributed by atoms with Crippen LogP contribution in [0.2, 0.25) is 0 Å². The first-order valence-corrected chi connectivity index (χ1v) is 4.92. The third-order valence-corrected chi connectivity index (χ3v) is 2.83. The summed E-state index contributed by atoms with van der Waals surface area (Å²) in [5, 5.41) is 9.35. The molecule has 2 nitrogen and oxygen atoms in total. The van der Waals surface area contributed by atoms with E-state index in [1.54, 1.807) is 0 Å². The highest BCUT2D eigenvalue weighted by atomic mass is 16.3. The summed E-state index contributed by atoms with van der Waals surface area (Å²) < 4.78 is 0. The summed E-state index contributed by atoms with van der Waals surface area (Å²) in [4.78, 5) is 0. The predicted molar refractivity (Wildman–Crippen MR) is 59.4 cm³/mol. The largest absolute Gasteiger partial charge is 0.395 e. The zero-order valence-electron chi connectivity index (χ0n) is 9.17. The number of nitrogens with two attached hydrogens (primary N) is 1. The quantitative estimate of drug-likeness (QED) is 0.764. The number of aliphatic hydroxyl groups is 1. The molecule has 0 radical (unpaired) electrons. The standard InChI is InChI=1S/C12H19NO/c1-9-4-5-11(10(2)6-9)12(3,7-13)8-14/h4-6,14H,7-8,13H2,1-3H3. The van der Waals surface area contributed by atoms with E-state index in [0.717, 1.165) is 5.56 Å². The molecule has 0 spiro atoms. The molecule has 2 heteroatoms. The Morgan fingerprint density at radius 3 is 2.43 bits per heavy atom. The van der Waals surface area contributed by atoms with Gasteiger partial charge in [-0.3, -0.25) is 0 Å². The summed E-state index contributed by atoms with van der Waals surface area (Å²) in [6, 6.07) is 6.25. The number of hydrogen-bond donors (Lipinski definition) is 2. The van der Waals surface area contributed by atoms with Gasteiger partial charge in [0, 0.05) is 12.0 Å². The van der Waals surface area contributed by atoms with Gasteiger partial charge in [-0.25, -0.2) is 0 Å². The minimum Gasteiger partial charge on any atom is -0.395 e. The lowest BCUT2D eigenvalue weighted by Crippen LogP contribution is -2.36. The average Bonchev–Trinajstić information content (AvgIpc) is 2.17. The van der Waals surface area contributed by atoms with Gasteiger partial charge in [0.2, 0.25) is 0 Å². The molecule has 1 atom stereocenters. The first kappa shape index (κ1) is 11.2. The normalized spacial score (nSPS) is 15.2. The molecule has 14 heavy (non-hydrogen) atoms. The van der Waals surface area contributed by atoms with E-state index in [9.17, 15) is 5.11 Å². The van der Waals surface area contributed by atoms with Crippen LogP contribution in [-0.4, -0.2) is 18.3 Å². The van der Waals surface area contributed by atoms with Crippen molar-refractivity contribution < 1.29 is 5.11 Å². The SMILES string of the molecule is Cc1ccc(C(C)(CN)CO)c(C)c1. The molecule has 3 N–H and O–H groups in total.